The molecule has 0 radical (unpaired) electrons. The number of hydrogen-bond acceptors (Lipinski definition) is 4. The molecule has 0 atom stereocenters. The van der Waals surface area contributed by atoms with Crippen LogP contribution >= 0.6 is 0 Å². The van der Waals surface area contributed by atoms with Crippen LogP contribution in [0.1, 0.15) is 0 Å². The average Bonchev–Trinajstić information content (AvgIpc) is 2.92. The number of nitrogen functional groups attached to an aromatic ring is 1. The molecule has 19 heavy (non-hydrogen) atoms. The second kappa shape index (κ2) is 4.49. The minimum absolute atomic E-state index is 0.0954. The van der Waals surface area contributed by atoms with E-state index in [2.05, 4.69) is 15.5 Å². The number of anilines is 1. The van der Waals surface area contributed by atoms with Crippen LogP contribution < -0.4 is 5.73 Å². The zero-order valence-electron chi connectivity index (χ0n) is 9.86. The number of nitrogens with two attached hydrogens (primary N) is 1. The van der Waals surface area contributed by atoms with Gasteiger partial charge in [0.2, 0.25) is 0 Å². The zero-order valence-corrected chi connectivity index (χ0v) is 9.86. The van der Waals surface area contributed by atoms with Gasteiger partial charge < -0.3 is 5.73 Å². The topological polar surface area (TPSA) is 69.6 Å². The lowest BCUT2D eigenvalue weighted by molar-refractivity contribution is 0.629. The van der Waals surface area contributed by atoms with Gasteiger partial charge in [-0.15, -0.1) is 5.10 Å². The fraction of sp³-hybridized carbons (Fsp3) is 0. The molecule has 0 saturated heterocycles. The highest BCUT2D eigenvalue weighted by Crippen LogP contribution is 2.21. The van der Waals surface area contributed by atoms with Crippen LogP contribution in [0.5, 0.6) is 0 Å². The number of tetrazole rings is 1. The smallest absolute Gasteiger partial charge is 0.187 e. The summed E-state index contributed by atoms with van der Waals surface area (Å²) in [5.74, 6) is 0.0526. The maximum atomic E-state index is 13.5. The molecule has 94 valence electrons. The lowest BCUT2D eigenvalue weighted by Crippen LogP contribution is -2.01. The van der Waals surface area contributed by atoms with E-state index in [0.717, 1.165) is 5.56 Å². The van der Waals surface area contributed by atoms with Gasteiger partial charge >= 0.3 is 0 Å². The van der Waals surface area contributed by atoms with Crippen LogP contribution in [0.4, 0.5) is 10.1 Å². The second-order valence-corrected chi connectivity index (χ2v) is 3.99. The highest BCUT2D eigenvalue weighted by atomic mass is 19.1. The van der Waals surface area contributed by atoms with E-state index in [1.165, 1.54) is 16.8 Å². The van der Waals surface area contributed by atoms with Crippen molar-refractivity contribution in [3.05, 3.63) is 54.3 Å². The molecule has 0 saturated carbocycles. The quantitative estimate of drug-likeness (QED) is 0.711. The molecule has 0 unspecified atom stereocenters. The summed E-state index contributed by atoms with van der Waals surface area (Å²) in [6, 6.07) is 13.9. The van der Waals surface area contributed by atoms with E-state index in [1.807, 2.05) is 30.3 Å². The number of rotatable bonds is 2. The SMILES string of the molecule is Nc1ccc(-n2nnnc2-c2ccccc2)cc1F. The summed E-state index contributed by atoms with van der Waals surface area (Å²) >= 11 is 0. The van der Waals surface area contributed by atoms with Crippen molar-refractivity contribution < 1.29 is 4.39 Å². The van der Waals surface area contributed by atoms with Crippen molar-refractivity contribution in [2.24, 2.45) is 0 Å². The van der Waals surface area contributed by atoms with Crippen LogP contribution in [0, 0.1) is 5.82 Å². The predicted molar refractivity (Wildman–Crippen MR) is 69.0 cm³/mol. The maximum absolute atomic E-state index is 13.5. The van der Waals surface area contributed by atoms with Crippen LogP contribution in [0.25, 0.3) is 17.1 Å². The number of hydrogen-bond donors (Lipinski definition) is 1. The van der Waals surface area contributed by atoms with Gasteiger partial charge in [0, 0.05) is 11.6 Å². The maximum Gasteiger partial charge on any atom is 0.187 e. The molecule has 6 heteroatoms. The second-order valence-electron chi connectivity index (χ2n) is 3.99. The van der Waals surface area contributed by atoms with Gasteiger partial charge in [-0.2, -0.15) is 4.68 Å². The highest BCUT2D eigenvalue weighted by molar-refractivity contribution is 5.57. The first-order valence-corrected chi connectivity index (χ1v) is 5.65. The molecule has 1 aromatic heterocycles. The van der Waals surface area contributed by atoms with Gasteiger partial charge in [0.05, 0.1) is 11.4 Å². The average molecular weight is 255 g/mol. The summed E-state index contributed by atoms with van der Waals surface area (Å²) in [6.07, 6.45) is 0. The third-order valence-electron chi connectivity index (χ3n) is 2.73. The summed E-state index contributed by atoms with van der Waals surface area (Å²) in [5, 5.41) is 11.5. The molecule has 3 aromatic rings. The Labute approximate surface area is 108 Å². The largest absolute Gasteiger partial charge is 0.396 e. The summed E-state index contributed by atoms with van der Waals surface area (Å²) in [7, 11) is 0. The molecule has 0 spiro atoms. The molecule has 0 aliphatic rings. The minimum atomic E-state index is -0.494. The third-order valence-corrected chi connectivity index (χ3v) is 2.73. The van der Waals surface area contributed by atoms with Crippen LogP contribution in [0.2, 0.25) is 0 Å². The van der Waals surface area contributed by atoms with Gasteiger partial charge in [0.25, 0.3) is 0 Å². The predicted octanol–water partition coefficient (Wildman–Crippen LogP) is 2.05. The number of halogens is 1. The Bertz CT molecular complexity index is 708. The Kier molecular flexibility index (Phi) is 2.68. The first-order valence-electron chi connectivity index (χ1n) is 5.65. The van der Waals surface area contributed by atoms with E-state index in [4.69, 9.17) is 5.73 Å². The molecule has 0 bridgehead atoms. The molecule has 0 aliphatic carbocycles. The van der Waals surface area contributed by atoms with Gasteiger partial charge in [-0.25, -0.2) is 4.39 Å². The summed E-state index contributed by atoms with van der Waals surface area (Å²) in [6.45, 7) is 0. The Morgan fingerprint density at radius 3 is 2.58 bits per heavy atom. The number of nitrogens with zero attached hydrogens (tertiary/aromatic N) is 4. The van der Waals surface area contributed by atoms with Crippen molar-refractivity contribution in [2.45, 2.75) is 0 Å². The Hall–Kier alpha value is -2.76. The van der Waals surface area contributed by atoms with Gasteiger partial charge in [-0.05, 0) is 22.6 Å². The summed E-state index contributed by atoms with van der Waals surface area (Å²) in [5.41, 5.74) is 6.93. The highest BCUT2D eigenvalue weighted by Gasteiger charge is 2.11. The van der Waals surface area contributed by atoms with Crippen LogP contribution in [0.3, 0.4) is 0 Å². The first kappa shape index (κ1) is 11.3. The molecular formula is C13H10FN5. The summed E-state index contributed by atoms with van der Waals surface area (Å²) < 4.78 is 15.0. The number of benzene rings is 2. The van der Waals surface area contributed by atoms with Gasteiger partial charge in [-0.3, -0.25) is 0 Å². The lowest BCUT2D eigenvalue weighted by atomic mass is 10.2. The molecule has 0 aliphatic heterocycles. The molecule has 3 rings (SSSR count). The van der Waals surface area contributed by atoms with E-state index >= 15 is 0 Å². The summed E-state index contributed by atoms with van der Waals surface area (Å²) in [4.78, 5) is 0. The molecule has 2 N–H and O–H groups in total. The lowest BCUT2D eigenvalue weighted by Gasteiger charge is -2.05. The Morgan fingerprint density at radius 2 is 1.84 bits per heavy atom. The van der Waals surface area contributed by atoms with E-state index < -0.39 is 5.82 Å². The third kappa shape index (κ3) is 2.03. The Morgan fingerprint density at radius 1 is 1.05 bits per heavy atom. The van der Waals surface area contributed by atoms with Crippen molar-refractivity contribution in [1.29, 1.82) is 0 Å². The van der Waals surface area contributed by atoms with Crippen LogP contribution in [-0.4, -0.2) is 20.2 Å². The molecule has 1 heterocycles. The molecule has 0 fully saturated rings. The zero-order chi connectivity index (χ0) is 13.2. The molecular weight excluding hydrogens is 245 g/mol. The van der Waals surface area contributed by atoms with Crippen LogP contribution in [-0.2, 0) is 0 Å². The van der Waals surface area contributed by atoms with Crippen molar-refractivity contribution in [2.75, 3.05) is 5.73 Å². The van der Waals surface area contributed by atoms with Crippen molar-refractivity contribution in [1.82, 2.24) is 20.2 Å². The van der Waals surface area contributed by atoms with Crippen LogP contribution in [0.15, 0.2) is 48.5 Å². The standard InChI is InChI=1S/C13H10FN5/c14-11-8-10(6-7-12(11)15)19-13(16-17-18-19)9-4-2-1-3-5-9/h1-8H,15H2. The van der Waals surface area contributed by atoms with Crippen molar-refractivity contribution >= 4 is 5.69 Å². The fourth-order valence-electron chi connectivity index (χ4n) is 1.78. The van der Waals surface area contributed by atoms with E-state index in [1.54, 1.807) is 6.07 Å². The molecule has 0 amide bonds. The van der Waals surface area contributed by atoms with Crippen molar-refractivity contribution in [3.8, 4) is 17.1 Å². The molecule has 5 nitrogen and oxygen atoms in total. The fourth-order valence-corrected chi connectivity index (χ4v) is 1.78. The van der Waals surface area contributed by atoms with Gasteiger partial charge in [-0.1, -0.05) is 30.3 Å². The van der Waals surface area contributed by atoms with Crippen molar-refractivity contribution in [3.63, 3.8) is 0 Å². The molecule has 2 aromatic carbocycles. The van der Waals surface area contributed by atoms with E-state index in [9.17, 15) is 4.39 Å². The minimum Gasteiger partial charge on any atom is -0.396 e. The van der Waals surface area contributed by atoms with Gasteiger partial charge in [0.15, 0.2) is 5.82 Å². The monoisotopic (exact) mass is 255 g/mol. The van der Waals surface area contributed by atoms with Gasteiger partial charge in [0.1, 0.15) is 5.82 Å². The first-order chi connectivity index (χ1) is 9.25. The van der Waals surface area contributed by atoms with E-state index in [-0.39, 0.29) is 5.69 Å². The normalized spacial score (nSPS) is 10.6. The van der Waals surface area contributed by atoms with E-state index in [0.29, 0.717) is 11.5 Å². The Balaban J connectivity index is 2.12. The number of aromatic nitrogens is 4.